The van der Waals surface area contributed by atoms with Crippen LogP contribution in [0, 0.1) is 12.7 Å². The van der Waals surface area contributed by atoms with E-state index in [4.69, 9.17) is 0 Å². The molecule has 0 saturated heterocycles. The first-order valence-electron chi connectivity index (χ1n) is 6.36. The summed E-state index contributed by atoms with van der Waals surface area (Å²) in [6, 6.07) is 14.8. The fourth-order valence-corrected chi connectivity index (χ4v) is 2.05. The molecule has 0 unspecified atom stereocenters. The lowest BCUT2D eigenvalue weighted by Crippen LogP contribution is -2.02. The van der Waals surface area contributed by atoms with Gasteiger partial charge in [-0.15, -0.1) is 0 Å². The third-order valence-corrected chi connectivity index (χ3v) is 3.04. The van der Waals surface area contributed by atoms with Crippen molar-refractivity contribution in [3.8, 4) is 5.69 Å². The highest BCUT2D eigenvalue weighted by Crippen LogP contribution is 2.22. The summed E-state index contributed by atoms with van der Waals surface area (Å²) in [7, 11) is 0. The van der Waals surface area contributed by atoms with Gasteiger partial charge in [0.1, 0.15) is 5.82 Å². The summed E-state index contributed by atoms with van der Waals surface area (Å²) in [5, 5.41) is 3.04. The zero-order valence-corrected chi connectivity index (χ0v) is 11.0. The highest BCUT2D eigenvalue weighted by Gasteiger charge is 2.08. The van der Waals surface area contributed by atoms with Crippen LogP contribution in [0.4, 0.5) is 16.0 Å². The van der Waals surface area contributed by atoms with Gasteiger partial charge in [0.05, 0.1) is 5.69 Å². The lowest BCUT2D eigenvalue weighted by Gasteiger charge is -2.11. The Balaban J connectivity index is 1.97. The third kappa shape index (κ3) is 2.40. The molecule has 100 valence electrons. The number of anilines is 2. The number of hydrogen-bond donors (Lipinski definition) is 1. The van der Waals surface area contributed by atoms with Crippen LogP contribution in [0.1, 0.15) is 5.56 Å². The van der Waals surface area contributed by atoms with Crippen molar-refractivity contribution in [3.63, 3.8) is 0 Å². The second kappa shape index (κ2) is 5.17. The fourth-order valence-electron chi connectivity index (χ4n) is 2.05. The minimum Gasteiger partial charge on any atom is -0.323 e. The van der Waals surface area contributed by atoms with Crippen molar-refractivity contribution in [1.29, 1.82) is 0 Å². The minimum atomic E-state index is -0.293. The fraction of sp³-hybridized carbons (Fsp3) is 0.0625. The Hall–Kier alpha value is -2.62. The van der Waals surface area contributed by atoms with Crippen molar-refractivity contribution in [1.82, 2.24) is 9.55 Å². The average molecular weight is 267 g/mol. The van der Waals surface area contributed by atoms with Gasteiger partial charge in [-0.1, -0.05) is 24.3 Å². The predicted octanol–water partition coefficient (Wildman–Crippen LogP) is 4.06. The highest BCUT2D eigenvalue weighted by atomic mass is 19.1. The molecule has 1 N–H and O–H groups in total. The van der Waals surface area contributed by atoms with Gasteiger partial charge in [-0.2, -0.15) is 0 Å². The molecule has 3 aromatic rings. The third-order valence-electron chi connectivity index (χ3n) is 3.04. The van der Waals surface area contributed by atoms with Crippen LogP contribution in [-0.4, -0.2) is 9.55 Å². The van der Waals surface area contributed by atoms with Gasteiger partial charge in [0, 0.05) is 18.1 Å². The molecule has 0 fully saturated rings. The van der Waals surface area contributed by atoms with Gasteiger partial charge in [-0.05, 0) is 36.8 Å². The maximum atomic E-state index is 13.8. The number of benzene rings is 2. The first-order valence-corrected chi connectivity index (χ1v) is 6.36. The van der Waals surface area contributed by atoms with Crippen LogP contribution < -0.4 is 5.32 Å². The van der Waals surface area contributed by atoms with E-state index in [0.29, 0.717) is 11.6 Å². The summed E-state index contributed by atoms with van der Waals surface area (Å²) < 4.78 is 15.7. The Morgan fingerprint density at radius 2 is 1.90 bits per heavy atom. The molecule has 1 heterocycles. The smallest absolute Gasteiger partial charge is 0.212 e. The predicted molar refractivity (Wildman–Crippen MR) is 78.0 cm³/mol. The summed E-state index contributed by atoms with van der Waals surface area (Å²) >= 11 is 0. The topological polar surface area (TPSA) is 29.9 Å². The largest absolute Gasteiger partial charge is 0.323 e. The highest BCUT2D eigenvalue weighted by molar-refractivity contribution is 5.57. The average Bonchev–Trinajstić information content (AvgIpc) is 2.92. The summed E-state index contributed by atoms with van der Waals surface area (Å²) in [6.07, 6.45) is 3.52. The Morgan fingerprint density at radius 1 is 1.10 bits per heavy atom. The van der Waals surface area contributed by atoms with Crippen LogP contribution in [0.2, 0.25) is 0 Å². The normalized spacial score (nSPS) is 10.5. The van der Waals surface area contributed by atoms with Crippen molar-refractivity contribution in [3.05, 3.63) is 72.3 Å². The molecule has 1 aromatic heterocycles. The molecule has 0 aliphatic heterocycles. The first-order chi connectivity index (χ1) is 9.74. The molecule has 3 nitrogen and oxygen atoms in total. The lowest BCUT2D eigenvalue weighted by atomic mass is 10.2. The standard InChI is InChI=1S/C16H14FN3/c1-12-7-8-14(17)15(11-12)19-16-18-9-10-20(16)13-5-3-2-4-6-13/h2-11H,1H3,(H,18,19). The molecule has 0 bridgehead atoms. The molecule has 4 heteroatoms. The molecular formula is C16H14FN3. The number of halogens is 1. The van der Waals surface area contributed by atoms with Crippen LogP contribution in [-0.2, 0) is 0 Å². The SMILES string of the molecule is Cc1ccc(F)c(Nc2nccn2-c2ccccc2)c1. The van der Waals surface area contributed by atoms with Gasteiger partial charge in [-0.3, -0.25) is 4.57 Å². The first kappa shape index (κ1) is 12.4. The van der Waals surface area contributed by atoms with E-state index in [1.165, 1.54) is 6.07 Å². The molecule has 0 spiro atoms. The molecule has 2 aromatic carbocycles. The lowest BCUT2D eigenvalue weighted by molar-refractivity contribution is 0.631. The number of aromatic nitrogens is 2. The maximum absolute atomic E-state index is 13.8. The molecule has 3 rings (SSSR count). The van der Waals surface area contributed by atoms with E-state index in [0.717, 1.165) is 11.3 Å². The van der Waals surface area contributed by atoms with E-state index < -0.39 is 0 Å². The zero-order chi connectivity index (χ0) is 13.9. The Bertz CT molecular complexity index is 720. The molecular weight excluding hydrogens is 253 g/mol. The van der Waals surface area contributed by atoms with E-state index in [1.54, 1.807) is 18.3 Å². The Kier molecular flexibility index (Phi) is 3.21. The van der Waals surface area contributed by atoms with Crippen molar-refractivity contribution >= 4 is 11.6 Å². The number of aryl methyl sites for hydroxylation is 1. The van der Waals surface area contributed by atoms with Gasteiger partial charge < -0.3 is 5.32 Å². The minimum absolute atomic E-state index is 0.293. The van der Waals surface area contributed by atoms with Crippen LogP contribution in [0.3, 0.4) is 0 Å². The van der Waals surface area contributed by atoms with Crippen LogP contribution >= 0.6 is 0 Å². The summed E-state index contributed by atoms with van der Waals surface area (Å²) in [5.74, 6) is 0.291. The zero-order valence-electron chi connectivity index (χ0n) is 11.0. The second-order valence-corrected chi connectivity index (χ2v) is 4.56. The summed E-state index contributed by atoms with van der Waals surface area (Å²) in [5.41, 5.74) is 2.39. The maximum Gasteiger partial charge on any atom is 0.212 e. The van der Waals surface area contributed by atoms with E-state index >= 15 is 0 Å². The van der Waals surface area contributed by atoms with Crippen molar-refractivity contribution in [2.24, 2.45) is 0 Å². The van der Waals surface area contributed by atoms with Gasteiger partial charge in [-0.25, -0.2) is 9.37 Å². The van der Waals surface area contributed by atoms with Gasteiger partial charge >= 0.3 is 0 Å². The molecule has 0 radical (unpaired) electrons. The Morgan fingerprint density at radius 3 is 2.70 bits per heavy atom. The van der Waals surface area contributed by atoms with Gasteiger partial charge in [0.2, 0.25) is 5.95 Å². The molecule has 0 saturated carbocycles. The molecule has 20 heavy (non-hydrogen) atoms. The van der Waals surface area contributed by atoms with E-state index in [2.05, 4.69) is 10.3 Å². The van der Waals surface area contributed by atoms with Crippen molar-refractivity contribution < 1.29 is 4.39 Å². The quantitative estimate of drug-likeness (QED) is 0.775. The summed E-state index contributed by atoms with van der Waals surface area (Å²) in [6.45, 7) is 1.92. The second-order valence-electron chi connectivity index (χ2n) is 4.56. The molecule has 0 amide bonds. The molecule has 0 aliphatic rings. The van der Waals surface area contributed by atoms with Crippen LogP contribution in [0.25, 0.3) is 5.69 Å². The number of nitrogens with one attached hydrogen (secondary N) is 1. The molecule has 0 aliphatic carbocycles. The summed E-state index contributed by atoms with van der Waals surface area (Å²) in [4.78, 5) is 4.24. The van der Waals surface area contributed by atoms with E-state index in [1.807, 2.05) is 48.0 Å². The number of rotatable bonds is 3. The van der Waals surface area contributed by atoms with Gasteiger partial charge in [0.15, 0.2) is 0 Å². The van der Waals surface area contributed by atoms with Crippen LogP contribution in [0.5, 0.6) is 0 Å². The van der Waals surface area contributed by atoms with Crippen LogP contribution in [0.15, 0.2) is 60.9 Å². The molecule has 0 atom stereocenters. The number of para-hydroxylation sites is 1. The van der Waals surface area contributed by atoms with E-state index in [-0.39, 0.29) is 5.82 Å². The monoisotopic (exact) mass is 267 g/mol. The number of hydrogen-bond acceptors (Lipinski definition) is 2. The number of imidazole rings is 1. The van der Waals surface area contributed by atoms with E-state index in [9.17, 15) is 4.39 Å². The van der Waals surface area contributed by atoms with Crippen molar-refractivity contribution in [2.45, 2.75) is 6.92 Å². The Labute approximate surface area is 116 Å². The van der Waals surface area contributed by atoms with Crippen molar-refractivity contribution in [2.75, 3.05) is 5.32 Å². The van der Waals surface area contributed by atoms with Gasteiger partial charge in [0.25, 0.3) is 0 Å². The number of nitrogens with zero attached hydrogens (tertiary/aromatic N) is 2.